The average Bonchev–Trinajstić information content (AvgIpc) is 2.79. The third kappa shape index (κ3) is 2.35. The number of aliphatic hydroxyl groups excluding tert-OH is 1. The normalized spacial score (nSPS) is 10.2. The summed E-state index contributed by atoms with van der Waals surface area (Å²) in [5.41, 5.74) is 2.87. The zero-order chi connectivity index (χ0) is 10.5. The SMILES string of the molecule is OCc1ccccc1NCc1cnc[nH]1. The van der Waals surface area contributed by atoms with Gasteiger partial charge in [0, 0.05) is 17.4 Å². The molecule has 0 aliphatic heterocycles. The van der Waals surface area contributed by atoms with E-state index in [9.17, 15) is 0 Å². The van der Waals surface area contributed by atoms with E-state index in [0.29, 0.717) is 6.54 Å². The van der Waals surface area contributed by atoms with Gasteiger partial charge in [-0.3, -0.25) is 0 Å². The van der Waals surface area contributed by atoms with Crippen LogP contribution >= 0.6 is 0 Å². The van der Waals surface area contributed by atoms with Crippen molar-refractivity contribution in [3.63, 3.8) is 0 Å². The molecule has 0 amide bonds. The molecule has 0 aliphatic carbocycles. The quantitative estimate of drug-likeness (QED) is 0.706. The van der Waals surface area contributed by atoms with E-state index in [2.05, 4.69) is 15.3 Å². The lowest BCUT2D eigenvalue weighted by atomic mass is 10.2. The molecule has 3 N–H and O–H groups in total. The fraction of sp³-hybridized carbons (Fsp3) is 0.182. The number of aliphatic hydroxyl groups is 1. The Morgan fingerprint density at radius 1 is 1.33 bits per heavy atom. The van der Waals surface area contributed by atoms with Gasteiger partial charge in [-0.1, -0.05) is 18.2 Å². The summed E-state index contributed by atoms with van der Waals surface area (Å²) in [7, 11) is 0. The lowest BCUT2D eigenvalue weighted by Crippen LogP contribution is -2.02. The van der Waals surface area contributed by atoms with Gasteiger partial charge in [0.1, 0.15) is 0 Å². The van der Waals surface area contributed by atoms with E-state index in [4.69, 9.17) is 5.11 Å². The van der Waals surface area contributed by atoms with Gasteiger partial charge in [-0.25, -0.2) is 4.98 Å². The van der Waals surface area contributed by atoms with E-state index in [1.54, 1.807) is 12.5 Å². The van der Waals surface area contributed by atoms with E-state index < -0.39 is 0 Å². The summed E-state index contributed by atoms with van der Waals surface area (Å²) in [5.74, 6) is 0. The predicted octanol–water partition coefficient (Wildman–Crippen LogP) is 1.51. The van der Waals surface area contributed by atoms with Gasteiger partial charge in [0.15, 0.2) is 0 Å². The van der Waals surface area contributed by atoms with Gasteiger partial charge < -0.3 is 15.4 Å². The van der Waals surface area contributed by atoms with Crippen molar-refractivity contribution in [3.8, 4) is 0 Å². The molecular formula is C11H13N3O. The molecule has 4 heteroatoms. The molecule has 78 valence electrons. The van der Waals surface area contributed by atoms with Crippen LogP contribution in [-0.2, 0) is 13.2 Å². The first-order valence-electron chi connectivity index (χ1n) is 4.80. The fourth-order valence-electron chi connectivity index (χ4n) is 1.40. The summed E-state index contributed by atoms with van der Waals surface area (Å²) in [6.07, 6.45) is 3.42. The molecule has 2 rings (SSSR count). The predicted molar refractivity (Wildman–Crippen MR) is 58.3 cm³/mol. The van der Waals surface area contributed by atoms with Gasteiger partial charge in [0.2, 0.25) is 0 Å². The molecule has 0 atom stereocenters. The first-order valence-corrected chi connectivity index (χ1v) is 4.80. The Balaban J connectivity index is 2.04. The highest BCUT2D eigenvalue weighted by molar-refractivity contribution is 5.50. The zero-order valence-corrected chi connectivity index (χ0v) is 8.27. The minimum absolute atomic E-state index is 0.0478. The largest absolute Gasteiger partial charge is 0.392 e. The molecular weight excluding hydrogens is 190 g/mol. The van der Waals surface area contributed by atoms with Gasteiger partial charge in [0.05, 0.1) is 25.2 Å². The van der Waals surface area contributed by atoms with Crippen molar-refractivity contribution in [3.05, 3.63) is 48.0 Å². The summed E-state index contributed by atoms with van der Waals surface area (Å²) in [5, 5.41) is 12.4. The van der Waals surface area contributed by atoms with Crippen LogP contribution in [0.4, 0.5) is 5.69 Å². The van der Waals surface area contributed by atoms with Gasteiger partial charge in [-0.2, -0.15) is 0 Å². The zero-order valence-electron chi connectivity index (χ0n) is 8.27. The van der Waals surface area contributed by atoms with Crippen LogP contribution in [0.25, 0.3) is 0 Å². The van der Waals surface area contributed by atoms with Crippen molar-refractivity contribution in [1.82, 2.24) is 9.97 Å². The van der Waals surface area contributed by atoms with Gasteiger partial charge >= 0.3 is 0 Å². The molecule has 0 aliphatic rings. The number of imidazole rings is 1. The number of para-hydroxylation sites is 1. The molecule has 4 nitrogen and oxygen atoms in total. The second kappa shape index (κ2) is 4.61. The number of aromatic nitrogens is 2. The minimum Gasteiger partial charge on any atom is -0.392 e. The highest BCUT2D eigenvalue weighted by Gasteiger charge is 1.99. The van der Waals surface area contributed by atoms with Crippen molar-refractivity contribution in [2.45, 2.75) is 13.2 Å². The third-order valence-corrected chi connectivity index (χ3v) is 2.21. The summed E-state index contributed by atoms with van der Waals surface area (Å²) >= 11 is 0. The van der Waals surface area contributed by atoms with Crippen LogP contribution in [0.2, 0.25) is 0 Å². The Morgan fingerprint density at radius 3 is 2.93 bits per heavy atom. The van der Waals surface area contributed by atoms with Gasteiger partial charge in [-0.05, 0) is 6.07 Å². The van der Waals surface area contributed by atoms with E-state index >= 15 is 0 Å². The summed E-state index contributed by atoms with van der Waals surface area (Å²) < 4.78 is 0. The number of anilines is 1. The maximum absolute atomic E-state index is 9.12. The molecule has 0 spiro atoms. The first-order chi connectivity index (χ1) is 7.40. The average molecular weight is 203 g/mol. The fourth-order valence-corrected chi connectivity index (χ4v) is 1.40. The summed E-state index contributed by atoms with van der Waals surface area (Å²) in [6, 6.07) is 7.69. The van der Waals surface area contributed by atoms with Gasteiger partial charge in [-0.15, -0.1) is 0 Å². The Morgan fingerprint density at radius 2 is 2.20 bits per heavy atom. The van der Waals surface area contributed by atoms with E-state index in [1.807, 2.05) is 24.3 Å². The number of hydrogen-bond acceptors (Lipinski definition) is 3. The third-order valence-electron chi connectivity index (χ3n) is 2.21. The van der Waals surface area contributed by atoms with Crippen molar-refractivity contribution >= 4 is 5.69 Å². The second-order valence-electron chi connectivity index (χ2n) is 3.25. The van der Waals surface area contributed by atoms with Crippen LogP contribution in [0.3, 0.4) is 0 Å². The Bertz CT molecular complexity index is 412. The molecule has 1 heterocycles. The maximum atomic E-state index is 9.12. The lowest BCUT2D eigenvalue weighted by molar-refractivity contribution is 0.282. The highest BCUT2D eigenvalue weighted by atomic mass is 16.3. The van der Waals surface area contributed by atoms with E-state index in [0.717, 1.165) is 16.9 Å². The van der Waals surface area contributed by atoms with Crippen molar-refractivity contribution in [1.29, 1.82) is 0 Å². The molecule has 2 aromatic rings. The lowest BCUT2D eigenvalue weighted by Gasteiger charge is -2.08. The van der Waals surface area contributed by atoms with Crippen LogP contribution in [0.5, 0.6) is 0 Å². The topological polar surface area (TPSA) is 60.9 Å². The van der Waals surface area contributed by atoms with Gasteiger partial charge in [0.25, 0.3) is 0 Å². The van der Waals surface area contributed by atoms with E-state index in [-0.39, 0.29) is 6.61 Å². The van der Waals surface area contributed by atoms with Crippen LogP contribution < -0.4 is 5.32 Å². The molecule has 0 unspecified atom stereocenters. The second-order valence-corrected chi connectivity index (χ2v) is 3.25. The smallest absolute Gasteiger partial charge is 0.0922 e. The Hall–Kier alpha value is -1.81. The molecule has 15 heavy (non-hydrogen) atoms. The molecule has 0 radical (unpaired) electrons. The van der Waals surface area contributed by atoms with Crippen molar-refractivity contribution in [2.75, 3.05) is 5.32 Å². The Labute approximate surface area is 88.0 Å². The molecule has 1 aromatic heterocycles. The Kier molecular flexibility index (Phi) is 2.99. The molecule has 0 saturated carbocycles. The summed E-state index contributed by atoms with van der Waals surface area (Å²) in [4.78, 5) is 6.94. The minimum atomic E-state index is 0.0478. The summed E-state index contributed by atoms with van der Waals surface area (Å²) in [6.45, 7) is 0.725. The number of benzene rings is 1. The first kappa shape index (κ1) is 9.73. The molecule has 1 aromatic carbocycles. The molecule has 0 bridgehead atoms. The molecule has 0 saturated heterocycles. The van der Waals surface area contributed by atoms with E-state index in [1.165, 1.54) is 0 Å². The highest BCUT2D eigenvalue weighted by Crippen LogP contribution is 2.15. The maximum Gasteiger partial charge on any atom is 0.0922 e. The number of aromatic amines is 1. The van der Waals surface area contributed by atoms with Crippen LogP contribution in [-0.4, -0.2) is 15.1 Å². The number of H-pyrrole nitrogens is 1. The standard InChI is InChI=1S/C11H13N3O/c15-7-9-3-1-2-4-11(9)13-6-10-5-12-8-14-10/h1-5,8,13,15H,6-7H2,(H,12,14). The van der Waals surface area contributed by atoms with Crippen molar-refractivity contribution in [2.24, 2.45) is 0 Å². The number of hydrogen-bond donors (Lipinski definition) is 3. The van der Waals surface area contributed by atoms with Crippen LogP contribution in [0.15, 0.2) is 36.8 Å². The van der Waals surface area contributed by atoms with Crippen LogP contribution in [0, 0.1) is 0 Å². The number of nitrogens with one attached hydrogen (secondary N) is 2. The number of rotatable bonds is 4. The molecule has 0 fully saturated rings. The van der Waals surface area contributed by atoms with Crippen LogP contribution in [0.1, 0.15) is 11.3 Å². The number of nitrogens with zero attached hydrogens (tertiary/aromatic N) is 1. The van der Waals surface area contributed by atoms with Crippen molar-refractivity contribution < 1.29 is 5.11 Å². The monoisotopic (exact) mass is 203 g/mol.